The Hall–Kier alpha value is -3.75. The van der Waals surface area contributed by atoms with Gasteiger partial charge in [-0.25, -0.2) is 4.79 Å². The first kappa shape index (κ1) is 28.4. The van der Waals surface area contributed by atoms with Gasteiger partial charge in [0, 0.05) is 11.8 Å². The molecular formula is C29H21N3O6S4. The number of hydrogen-bond acceptors (Lipinski definition) is 11. The molecule has 1 fully saturated rings. The predicted molar refractivity (Wildman–Crippen MR) is 167 cm³/mol. The van der Waals surface area contributed by atoms with Gasteiger partial charge in [0.2, 0.25) is 5.91 Å². The average Bonchev–Trinajstić information content (AvgIpc) is 3.45. The number of nitrogens with two attached hydrogens (primary N) is 1. The van der Waals surface area contributed by atoms with Crippen molar-refractivity contribution < 1.29 is 19.2 Å². The normalized spacial score (nSPS) is 18.4. The summed E-state index contributed by atoms with van der Waals surface area (Å²) in [6, 6.07) is 19.5. The van der Waals surface area contributed by atoms with E-state index in [1.165, 1.54) is 39.9 Å². The van der Waals surface area contributed by atoms with Crippen LogP contribution < -0.4 is 11.2 Å². The van der Waals surface area contributed by atoms with Crippen molar-refractivity contribution in [2.75, 3.05) is 5.75 Å². The summed E-state index contributed by atoms with van der Waals surface area (Å²) in [5, 5.41) is 14.1. The lowest BCUT2D eigenvalue weighted by atomic mass is 10.0. The zero-order chi connectivity index (χ0) is 29.4. The van der Waals surface area contributed by atoms with Gasteiger partial charge in [0.15, 0.2) is 11.5 Å². The third kappa shape index (κ3) is 5.29. The van der Waals surface area contributed by atoms with Crippen molar-refractivity contribution >= 4 is 73.2 Å². The topological polar surface area (TPSA) is 133 Å². The number of hydrogen-bond donors (Lipinski definition) is 1. The van der Waals surface area contributed by atoms with Crippen LogP contribution in [-0.4, -0.2) is 38.9 Å². The molecule has 2 aromatic carbocycles. The molecule has 0 aliphatic carbocycles. The first-order chi connectivity index (χ1) is 20.3. The Balaban J connectivity index is 1.33. The van der Waals surface area contributed by atoms with E-state index >= 15 is 0 Å². The van der Waals surface area contributed by atoms with E-state index < -0.39 is 23.0 Å². The van der Waals surface area contributed by atoms with E-state index in [2.05, 4.69) is 0 Å². The number of ether oxygens (including phenoxy) is 1. The Bertz CT molecular complexity index is 1780. The van der Waals surface area contributed by atoms with E-state index in [0.29, 0.717) is 24.9 Å². The lowest BCUT2D eigenvalue weighted by Gasteiger charge is -2.48. The van der Waals surface area contributed by atoms with E-state index in [0.717, 1.165) is 33.8 Å². The molecule has 4 aromatic rings. The largest absolute Gasteiger partial charge is 0.448 e. The lowest BCUT2D eigenvalue weighted by molar-refractivity contribution is -0.382. The Kier molecular flexibility index (Phi) is 8.01. The number of β-lactam (4-membered cyclic amide) rings is 1. The highest BCUT2D eigenvalue weighted by molar-refractivity contribution is 8.04. The Morgan fingerprint density at radius 1 is 1.10 bits per heavy atom. The summed E-state index contributed by atoms with van der Waals surface area (Å²) in [5.41, 5.74) is 7.94. The average molecular weight is 636 g/mol. The predicted octanol–water partition coefficient (Wildman–Crippen LogP) is 5.67. The maximum absolute atomic E-state index is 13.8. The quantitative estimate of drug-likeness (QED) is 0.0855. The number of thioether (sulfide) groups is 2. The van der Waals surface area contributed by atoms with Crippen LogP contribution in [0, 0.1) is 10.1 Å². The number of carbonyl (C=O) groups excluding carboxylic acids is 2. The van der Waals surface area contributed by atoms with E-state index in [1.54, 1.807) is 11.5 Å². The molecule has 0 spiro atoms. The van der Waals surface area contributed by atoms with Gasteiger partial charge in [-0.3, -0.25) is 24.6 Å². The maximum Gasteiger partial charge on any atom is 0.356 e. The van der Waals surface area contributed by atoms with Crippen LogP contribution >= 0.6 is 46.2 Å². The highest BCUT2D eigenvalue weighted by Crippen LogP contribution is 2.42. The van der Waals surface area contributed by atoms with Gasteiger partial charge in [0.25, 0.3) is 5.69 Å². The Labute approximate surface area is 255 Å². The minimum atomic E-state index is -0.706. The summed E-state index contributed by atoms with van der Waals surface area (Å²) >= 11 is 4.88. The van der Waals surface area contributed by atoms with Gasteiger partial charge in [-0.1, -0.05) is 72.4 Å². The van der Waals surface area contributed by atoms with Crippen LogP contribution in [-0.2, 0) is 14.3 Å². The monoisotopic (exact) mass is 635 g/mol. The first-order valence-electron chi connectivity index (χ1n) is 12.6. The van der Waals surface area contributed by atoms with Crippen molar-refractivity contribution in [2.45, 2.75) is 21.7 Å². The first-order valence-corrected chi connectivity index (χ1v) is 16.2. The summed E-state index contributed by atoms with van der Waals surface area (Å²) < 4.78 is 7.34. The van der Waals surface area contributed by atoms with E-state index in [4.69, 9.17) is 10.5 Å². The van der Waals surface area contributed by atoms with Crippen LogP contribution in [0.5, 0.6) is 0 Å². The third-order valence-corrected chi connectivity index (χ3v) is 11.2. The smallest absolute Gasteiger partial charge is 0.356 e. The molecule has 42 heavy (non-hydrogen) atoms. The van der Waals surface area contributed by atoms with Gasteiger partial charge in [0.05, 0.1) is 19.2 Å². The Morgan fingerprint density at radius 2 is 1.76 bits per heavy atom. The molecule has 0 unspecified atom stereocenters. The number of nitro groups is 1. The van der Waals surface area contributed by atoms with Gasteiger partial charge < -0.3 is 10.5 Å². The van der Waals surface area contributed by atoms with Crippen LogP contribution in [0.1, 0.15) is 17.2 Å². The molecule has 13 heteroatoms. The number of esters is 1. The molecule has 6 rings (SSSR count). The van der Waals surface area contributed by atoms with Crippen LogP contribution in [0.2, 0.25) is 0 Å². The second kappa shape index (κ2) is 11.9. The van der Waals surface area contributed by atoms with Crippen molar-refractivity contribution in [2.24, 2.45) is 5.73 Å². The van der Waals surface area contributed by atoms with Crippen LogP contribution in [0.15, 0.2) is 104 Å². The van der Waals surface area contributed by atoms with E-state index in [9.17, 15) is 24.5 Å². The van der Waals surface area contributed by atoms with Crippen molar-refractivity contribution in [1.82, 2.24) is 4.90 Å². The minimum absolute atomic E-state index is 0.0926. The van der Waals surface area contributed by atoms with Gasteiger partial charge >= 0.3 is 5.97 Å². The second-order valence-corrected chi connectivity index (χ2v) is 13.5. The number of carbonyl (C=O) groups is 2. The van der Waals surface area contributed by atoms with Crippen molar-refractivity contribution in [1.29, 1.82) is 0 Å². The molecule has 2 aromatic heterocycles. The molecule has 212 valence electrons. The molecule has 2 N–H and O–H groups in total. The fraction of sp³-hybridized carbons (Fsp3) is 0.138. The molecule has 9 nitrogen and oxygen atoms in total. The van der Waals surface area contributed by atoms with Crippen LogP contribution in [0.4, 0.5) is 5.69 Å². The fourth-order valence-electron chi connectivity index (χ4n) is 4.68. The number of amides is 1. The number of thiophene rings is 1. The molecule has 1 amide bonds. The highest BCUT2D eigenvalue weighted by atomic mass is 32.2. The van der Waals surface area contributed by atoms with E-state index in [1.807, 2.05) is 60.7 Å². The summed E-state index contributed by atoms with van der Waals surface area (Å²) in [7, 11) is 0. The molecular weight excluding hydrogens is 615 g/mol. The number of rotatable bonds is 8. The van der Waals surface area contributed by atoms with Gasteiger partial charge in [-0.15, -0.1) is 34.4 Å². The number of nitrogens with zero attached hydrogens (tertiary/aromatic N) is 2. The Morgan fingerprint density at radius 3 is 2.40 bits per heavy atom. The van der Waals surface area contributed by atoms with Gasteiger partial charge in [-0.05, 0) is 28.2 Å². The second-order valence-electron chi connectivity index (χ2n) is 9.30. The SMILES string of the molecule is N[C@@H]1C(=O)N2C(C(=O)OC(c3ccccc3)c3ccccc3)=C(C=CSc3cc(=O)c4scc([N+](=O)[O-])c4s3)CS[C@H]12. The van der Waals surface area contributed by atoms with E-state index in [-0.39, 0.29) is 28.1 Å². The zero-order valence-corrected chi connectivity index (χ0v) is 24.8. The molecule has 0 bridgehead atoms. The summed E-state index contributed by atoms with van der Waals surface area (Å²) in [6.45, 7) is 0. The molecule has 0 radical (unpaired) electrons. The highest BCUT2D eigenvalue weighted by Gasteiger charge is 2.52. The number of allylic oxidation sites excluding steroid dienone is 1. The summed E-state index contributed by atoms with van der Waals surface area (Å²) in [6.07, 6.45) is 1.01. The number of benzene rings is 2. The standard InChI is InChI=1S/C29H21N3O6S4/c30-22-27(34)31-23(29(35)38-24(16-7-3-1-4-8-16)17-9-5-2-6-10-17)18(14-41-28(22)31)11-12-39-21-13-20(33)26-25(42-21)19(15-40-26)32(36)37/h1-13,15,22,24,28H,14,30H2/t22-,28-/m1/s1. The summed E-state index contributed by atoms with van der Waals surface area (Å²) in [5.74, 6) is -0.596. The molecule has 2 aliphatic rings. The molecule has 1 saturated heterocycles. The van der Waals surface area contributed by atoms with Gasteiger partial charge in [0.1, 0.15) is 21.8 Å². The van der Waals surface area contributed by atoms with Crippen molar-refractivity contribution in [3.8, 4) is 0 Å². The van der Waals surface area contributed by atoms with Crippen LogP contribution in [0.25, 0.3) is 9.40 Å². The molecule has 2 aliphatic heterocycles. The molecule has 0 saturated carbocycles. The van der Waals surface area contributed by atoms with Crippen molar-refractivity contribution in [3.63, 3.8) is 0 Å². The maximum atomic E-state index is 13.8. The minimum Gasteiger partial charge on any atom is -0.448 e. The molecule has 4 heterocycles. The fourth-order valence-corrected chi connectivity index (χ4v) is 9.06. The number of fused-ring (bicyclic) bond motifs is 2. The third-order valence-electron chi connectivity index (χ3n) is 6.71. The van der Waals surface area contributed by atoms with Crippen molar-refractivity contribution in [3.05, 3.63) is 126 Å². The zero-order valence-electron chi connectivity index (χ0n) is 21.6. The van der Waals surface area contributed by atoms with Gasteiger partial charge in [-0.2, -0.15) is 0 Å². The van der Waals surface area contributed by atoms with Crippen LogP contribution in [0.3, 0.4) is 0 Å². The summed E-state index contributed by atoms with van der Waals surface area (Å²) in [4.78, 5) is 51.5. The lowest BCUT2D eigenvalue weighted by Crippen LogP contribution is -2.68. The molecule has 2 atom stereocenters.